The summed E-state index contributed by atoms with van der Waals surface area (Å²) >= 11 is 0. The van der Waals surface area contributed by atoms with Crippen molar-refractivity contribution in [3.05, 3.63) is 41.3 Å². The fraction of sp³-hybridized carbons (Fsp3) is 0.429. The molecule has 1 atom stereocenters. The Balaban J connectivity index is 1.48. The SMILES string of the molecule is Cc1ccc(CNC(=O)[C@H]2CCCN(S(=O)(=O)c3cc4c(cc3C)NC(=O)CO4)C2)o1. The lowest BCUT2D eigenvalue weighted by molar-refractivity contribution is -0.126. The maximum absolute atomic E-state index is 13.3. The fourth-order valence-electron chi connectivity index (χ4n) is 3.91. The van der Waals surface area contributed by atoms with E-state index in [4.69, 9.17) is 9.15 Å². The Hall–Kier alpha value is -2.85. The van der Waals surface area contributed by atoms with Gasteiger partial charge in [0, 0.05) is 19.2 Å². The molecule has 4 rings (SSSR count). The molecule has 0 aliphatic carbocycles. The van der Waals surface area contributed by atoms with Gasteiger partial charge in [0.15, 0.2) is 6.61 Å². The number of nitrogens with one attached hydrogen (secondary N) is 2. The third-order valence-electron chi connectivity index (χ3n) is 5.52. The first-order chi connectivity index (χ1) is 14.7. The van der Waals surface area contributed by atoms with E-state index in [9.17, 15) is 18.0 Å². The quantitative estimate of drug-likeness (QED) is 0.723. The van der Waals surface area contributed by atoms with Crippen LogP contribution in [0.15, 0.2) is 33.6 Å². The number of ether oxygens (including phenoxy) is 1. The van der Waals surface area contributed by atoms with Crippen LogP contribution < -0.4 is 15.4 Å². The summed E-state index contributed by atoms with van der Waals surface area (Å²) in [5.41, 5.74) is 0.959. The molecule has 1 saturated heterocycles. The summed E-state index contributed by atoms with van der Waals surface area (Å²) < 4.78 is 38.9. The van der Waals surface area contributed by atoms with Gasteiger partial charge < -0.3 is 19.8 Å². The van der Waals surface area contributed by atoms with Crippen LogP contribution in [0.2, 0.25) is 0 Å². The molecule has 2 aliphatic heterocycles. The summed E-state index contributed by atoms with van der Waals surface area (Å²) in [6.45, 7) is 4.07. The Morgan fingerprint density at radius 3 is 2.84 bits per heavy atom. The summed E-state index contributed by atoms with van der Waals surface area (Å²) in [7, 11) is -3.83. The minimum absolute atomic E-state index is 0.111. The largest absolute Gasteiger partial charge is 0.482 e. The third kappa shape index (κ3) is 4.45. The topological polar surface area (TPSA) is 118 Å². The first-order valence-corrected chi connectivity index (χ1v) is 11.6. The lowest BCUT2D eigenvalue weighted by Crippen LogP contribution is -2.45. The number of amides is 2. The molecule has 166 valence electrons. The van der Waals surface area contributed by atoms with Crippen LogP contribution in [0.1, 0.15) is 29.9 Å². The first-order valence-electron chi connectivity index (χ1n) is 10.1. The number of carbonyl (C=O) groups is 2. The second-order valence-electron chi connectivity index (χ2n) is 7.88. The minimum Gasteiger partial charge on any atom is -0.482 e. The highest BCUT2D eigenvalue weighted by Crippen LogP contribution is 2.35. The lowest BCUT2D eigenvalue weighted by Gasteiger charge is -2.32. The summed E-state index contributed by atoms with van der Waals surface area (Å²) in [5, 5.41) is 5.51. The average Bonchev–Trinajstić information content (AvgIpc) is 3.16. The number of nitrogens with zero attached hydrogens (tertiary/aromatic N) is 1. The molecule has 0 spiro atoms. The van der Waals surface area contributed by atoms with Gasteiger partial charge >= 0.3 is 0 Å². The van der Waals surface area contributed by atoms with Gasteiger partial charge in [-0.25, -0.2) is 8.42 Å². The van der Waals surface area contributed by atoms with Crippen molar-refractivity contribution >= 4 is 27.5 Å². The average molecular weight is 448 g/mol. The van der Waals surface area contributed by atoms with Gasteiger partial charge in [0.05, 0.1) is 23.0 Å². The van der Waals surface area contributed by atoms with E-state index in [0.29, 0.717) is 42.1 Å². The first kappa shape index (κ1) is 21.4. The molecule has 0 radical (unpaired) electrons. The van der Waals surface area contributed by atoms with Gasteiger partial charge in [-0.3, -0.25) is 9.59 Å². The Morgan fingerprint density at radius 2 is 2.10 bits per heavy atom. The van der Waals surface area contributed by atoms with Crippen molar-refractivity contribution < 1.29 is 27.2 Å². The van der Waals surface area contributed by atoms with Crippen molar-refractivity contribution in [2.24, 2.45) is 5.92 Å². The zero-order valence-electron chi connectivity index (χ0n) is 17.4. The molecule has 2 N–H and O–H groups in total. The number of carbonyl (C=O) groups excluding carboxylic acids is 2. The highest BCUT2D eigenvalue weighted by molar-refractivity contribution is 7.89. The van der Waals surface area contributed by atoms with Crippen LogP contribution in [0, 0.1) is 19.8 Å². The number of rotatable bonds is 5. The van der Waals surface area contributed by atoms with E-state index >= 15 is 0 Å². The van der Waals surface area contributed by atoms with Crippen molar-refractivity contribution in [3.63, 3.8) is 0 Å². The highest BCUT2D eigenvalue weighted by Gasteiger charge is 2.35. The molecule has 1 aromatic heterocycles. The maximum Gasteiger partial charge on any atom is 0.262 e. The smallest absolute Gasteiger partial charge is 0.262 e. The van der Waals surface area contributed by atoms with Gasteiger partial charge in [0.1, 0.15) is 17.3 Å². The van der Waals surface area contributed by atoms with E-state index in [-0.39, 0.29) is 36.4 Å². The molecule has 2 aromatic rings. The van der Waals surface area contributed by atoms with Crippen LogP contribution in [-0.2, 0) is 26.2 Å². The molecule has 0 bridgehead atoms. The number of sulfonamides is 1. The number of anilines is 1. The molecule has 0 saturated carbocycles. The predicted octanol–water partition coefficient (Wildman–Crippen LogP) is 1.94. The van der Waals surface area contributed by atoms with Crippen molar-refractivity contribution in [2.45, 2.75) is 38.1 Å². The number of piperidine rings is 1. The number of fused-ring (bicyclic) bond motifs is 1. The Bertz CT molecular complexity index is 1120. The van der Waals surface area contributed by atoms with Crippen LogP contribution >= 0.6 is 0 Å². The van der Waals surface area contributed by atoms with Gasteiger partial charge in [-0.2, -0.15) is 4.31 Å². The Labute approximate surface area is 180 Å². The summed E-state index contributed by atoms with van der Waals surface area (Å²) in [6.07, 6.45) is 1.21. The normalized spacial score (nSPS) is 19.3. The molecule has 0 unspecified atom stereocenters. The molecular weight excluding hydrogens is 422 g/mol. The number of hydrogen-bond donors (Lipinski definition) is 2. The van der Waals surface area contributed by atoms with E-state index in [1.54, 1.807) is 19.1 Å². The van der Waals surface area contributed by atoms with Gasteiger partial charge in [-0.15, -0.1) is 0 Å². The van der Waals surface area contributed by atoms with Crippen LogP contribution in [-0.4, -0.2) is 44.2 Å². The maximum atomic E-state index is 13.3. The monoisotopic (exact) mass is 447 g/mol. The number of furan rings is 1. The second-order valence-corrected chi connectivity index (χ2v) is 9.79. The molecule has 1 fully saturated rings. The molecule has 31 heavy (non-hydrogen) atoms. The van der Waals surface area contributed by atoms with E-state index in [1.165, 1.54) is 10.4 Å². The summed E-state index contributed by atoms with van der Waals surface area (Å²) in [4.78, 5) is 24.3. The standard InChI is InChI=1S/C21H25N3O6S/c1-13-8-17-18(29-12-20(25)23-17)9-19(13)31(27,28)24-7-3-4-15(11-24)21(26)22-10-16-6-5-14(2)30-16/h5-6,8-9,15H,3-4,7,10-12H2,1-2H3,(H,22,26)(H,23,25)/t15-/m0/s1. The van der Waals surface area contributed by atoms with Gasteiger partial charge in [0.2, 0.25) is 15.9 Å². The van der Waals surface area contributed by atoms with E-state index in [1.807, 2.05) is 13.0 Å². The van der Waals surface area contributed by atoms with Crippen molar-refractivity contribution in [1.29, 1.82) is 0 Å². The van der Waals surface area contributed by atoms with Crippen LogP contribution in [0.25, 0.3) is 0 Å². The third-order valence-corrected chi connectivity index (χ3v) is 7.52. The van der Waals surface area contributed by atoms with Crippen LogP contribution in [0.5, 0.6) is 5.75 Å². The van der Waals surface area contributed by atoms with Crippen molar-refractivity contribution in [3.8, 4) is 5.75 Å². The lowest BCUT2D eigenvalue weighted by atomic mass is 9.99. The molecule has 1 aromatic carbocycles. The molecule has 9 nitrogen and oxygen atoms in total. The zero-order valence-corrected chi connectivity index (χ0v) is 18.3. The van der Waals surface area contributed by atoms with E-state index in [2.05, 4.69) is 10.6 Å². The summed E-state index contributed by atoms with van der Waals surface area (Å²) in [5.74, 6) is 0.835. The Kier molecular flexibility index (Phi) is 5.76. The molecule has 2 amide bonds. The second kappa shape index (κ2) is 8.35. The minimum atomic E-state index is -3.83. The summed E-state index contributed by atoms with van der Waals surface area (Å²) in [6, 6.07) is 6.67. The molecule has 3 heterocycles. The van der Waals surface area contributed by atoms with Gasteiger partial charge in [-0.1, -0.05) is 0 Å². The zero-order chi connectivity index (χ0) is 22.2. The molecule has 2 aliphatic rings. The molecular formula is C21H25N3O6S. The van der Waals surface area contributed by atoms with Gasteiger partial charge in [0.25, 0.3) is 5.91 Å². The molecule has 10 heteroatoms. The number of aryl methyl sites for hydroxylation is 2. The van der Waals surface area contributed by atoms with Crippen LogP contribution in [0.3, 0.4) is 0 Å². The predicted molar refractivity (Wildman–Crippen MR) is 112 cm³/mol. The van der Waals surface area contributed by atoms with Gasteiger partial charge in [-0.05, 0) is 50.5 Å². The fourth-order valence-corrected chi connectivity index (χ4v) is 5.65. The van der Waals surface area contributed by atoms with E-state index in [0.717, 1.165) is 5.76 Å². The van der Waals surface area contributed by atoms with E-state index < -0.39 is 15.9 Å². The number of hydrogen-bond acceptors (Lipinski definition) is 6. The highest BCUT2D eigenvalue weighted by atomic mass is 32.2. The Morgan fingerprint density at radius 1 is 1.29 bits per heavy atom. The van der Waals surface area contributed by atoms with Crippen molar-refractivity contribution in [1.82, 2.24) is 9.62 Å². The number of benzene rings is 1. The van der Waals surface area contributed by atoms with Crippen molar-refractivity contribution in [2.75, 3.05) is 25.0 Å². The van der Waals surface area contributed by atoms with Crippen LogP contribution in [0.4, 0.5) is 5.69 Å².